The van der Waals surface area contributed by atoms with Crippen LogP contribution in [0.1, 0.15) is 30.8 Å². The second-order valence-electron chi connectivity index (χ2n) is 5.70. The summed E-state index contributed by atoms with van der Waals surface area (Å²) < 4.78 is 1.09. The summed E-state index contributed by atoms with van der Waals surface area (Å²) in [6.07, 6.45) is 3.73. The van der Waals surface area contributed by atoms with Crippen molar-refractivity contribution in [2.24, 2.45) is 0 Å². The summed E-state index contributed by atoms with van der Waals surface area (Å²) in [5.41, 5.74) is 3.58. The lowest BCUT2D eigenvalue weighted by Crippen LogP contribution is -2.43. The molecule has 2 aromatic rings. The van der Waals surface area contributed by atoms with Crippen molar-refractivity contribution in [1.82, 2.24) is 15.3 Å². The predicted molar refractivity (Wildman–Crippen MR) is 85.9 cm³/mol. The maximum absolute atomic E-state index is 4.93. The van der Waals surface area contributed by atoms with Gasteiger partial charge in [-0.15, -0.1) is 0 Å². The van der Waals surface area contributed by atoms with E-state index in [1.807, 2.05) is 13.1 Å². The van der Waals surface area contributed by atoms with E-state index in [1.165, 1.54) is 19.3 Å². The fourth-order valence-corrected chi connectivity index (χ4v) is 3.54. The summed E-state index contributed by atoms with van der Waals surface area (Å²) in [5.74, 6) is 1.14. The van der Waals surface area contributed by atoms with Gasteiger partial charge in [0, 0.05) is 27.7 Å². The van der Waals surface area contributed by atoms with Gasteiger partial charge in [-0.25, -0.2) is 4.98 Å². The molecule has 2 N–H and O–H groups in total. The smallest absolute Gasteiger partial charge is 0.114 e. The van der Waals surface area contributed by atoms with E-state index in [1.54, 1.807) is 0 Å². The van der Waals surface area contributed by atoms with Crippen LogP contribution in [0.15, 0.2) is 28.7 Å². The van der Waals surface area contributed by atoms with Gasteiger partial charge in [-0.2, -0.15) is 0 Å². The van der Waals surface area contributed by atoms with Crippen molar-refractivity contribution in [1.29, 1.82) is 0 Å². The highest BCUT2D eigenvalue weighted by atomic mass is 79.9. The quantitative estimate of drug-likeness (QED) is 0.893. The van der Waals surface area contributed by atoms with Crippen molar-refractivity contribution in [3.05, 3.63) is 40.3 Å². The molecule has 0 aliphatic heterocycles. The molecule has 106 valence electrons. The minimum atomic E-state index is 0.207. The number of halogens is 1. The summed E-state index contributed by atoms with van der Waals surface area (Å²) in [4.78, 5) is 8.45. The molecule has 0 bridgehead atoms. The lowest BCUT2D eigenvalue weighted by atomic mass is 9.68. The molecule has 1 saturated carbocycles. The first-order valence-corrected chi connectivity index (χ1v) is 7.92. The Labute approximate surface area is 128 Å². The number of rotatable bonds is 4. The lowest BCUT2D eigenvalue weighted by molar-refractivity contribution is 0.226. The summed E-state index contributed by atoms with van der Waals surface area (Å²) in [5, 5.41) is 3.32. The SMILES string of the molecule is CNCC1(c2nc(-c3ccccc3Br)c(C)[nH]2)CCC1. The molecule has 0 spiro atoms. The molecule has 0 amide bonds. The third-order valence-corrected chi connectivity index (χ3v) is 5.03. The van der Waals surface area contributed by atoms with Gasteiger partial charge < -0.3 is 10.3 Å². The maximum atomic E-state index is 4.93. The second-order valence-corrected chi connectivity index (χ2v) is 6.56. The predicted octanol–water partition coefficient (Wildman–Crippen LogP) is 3.79. The van der Waals surface area contributed by atoms with Gasteiger partial charge in [-0.3, -0.25) is 0 Å². The van der Waals surface area contributed by atoms with E-state index in [2.05, 4.69) is 51.4 Å². The molecule has 4 heteroatoms. The van der Waals surface area contributed by atoms with Crippen LogP contribution in [-0.4, -0.2) is 23.6 Å². The van der Waals surface area contributed by atoms with E-state index >= 15 is 0 Å². The number of aromatic nitrogens is 2. The first-order chi connectivity index (χ1) is 9.66. The minimum Gasteiger partial charge on any atom is -0.345 e. The Morgan fingerprint density at radius 3 is 2.70 bits per heavy atom. The summed E-state index contributed by atoms with van der Waals surface area (Å²) in [7, 11) is 2.02. The Bertz CT molecular complexity index is 614. The monoisotopic (exact) mass is 333 g/mol. The Morgan fingerprint density at radius 2 is 2.10 bits per heavy atom. The van der Waals surface area contributed by atoms with Crippen LogP contribution >= 0.6 is 15.9 Å². The van der Waals surface area contributed by atoms with E-state index in [9.17, 15) is 0 Å². The fourth-order valence-electron chi connectivity index (χ4n) is 3.07. The van der Waals surface area contributed by atoms with Gasteiger partial charge in [0.25, 0.3) is 0 Å². The molecule has 1 aromatic heterocycles. The van der Waals surface area contributed by atoms with Crippen LogP contribution in [0.3, 0.4) is 0 Å². The van der Waals surface area contributed by atoms with Gasteiger partial charge in [0.05, 0.1) is 5.69 Å². The van der Waals surface area contributed by atoms with Crippen molar-refractivity contribution in [2.45, 2.75) is 31.6 Å². The lowest BCUT2D eigenvalue weighted by Gasteiger charge is -2.40. The number of H-pyrrole nitrogens is 1. The number of benzene rings is 1. The topological polar surface area (TPSA) is 40.7 Å². The zero-order valence-corrected chi connectivity index (χ0v) is 13.5. The molecule has 3 nitrogen and oxygen atoms in total. The van der Waals surface area contributed by atoms with Crippen LogP contribution in [0.25, 0.3) is 11.3 Å². The van der Waals surface area contributed by atoms with Gasteiger partial charge in [0.15, 0.2) is 0 Å². The summed E-state index contributed by atoms with van der Waals surface area (Å²) >= 11 is 3.62. The van der Waals surface area contributed by atoms with Crippen molar-refractivity contribution in [2.75, 3.05) is 13.6 Å². The van der Waals surface area contributed by atoms with Gasteiger partial charge in [-0.1, -0.05) is 40.5 Å². The molecular formula is C16H20BrN3. The maximum Gasteiger partial charge on any atom is 0.114 e. The molecule has 0 unspecified atom stereocenters. The molecule has 1 aliphatic rings. The average Bonchev–Trinajstić information content (AvgIpc) is 2.76. The first kappa shape index (κ1) is 13.8. The van der Waals surface area contributed by atoms with Crippen LogP contribution in [0.5, 0.6) is 0 Å². The Morgan fingerprint density at radius 1 is 1.35 bits per heavy atom. The van der Waals surface area contributed by atoms with Crippen LogP contribution in [0, 0.1) is 6.92 Å². The van der Waals surface area contributed by atoms with E-state index in [0.717, 1.165) is 33.8 Å². The minimum absolute atomic E-state index is 0.207. The highest BCUT2D eigenvalue weighted by molar-refractivity contribution is 9.10. The second kappa shape index (κ2) is 5.34. The van der Waals surface area contributed by atoms with Crippen molar-refractivity contribution >= 4 is 15.9 Å². The number of hydrogen-bond acceptors (Lipinski definition) is 2. The molecule has 1 fully saturated rings. The van der Waals surface area contributed by atoms with Crippen LogP contribution < -0.4 is 5.32 Å². The fraction of sp³-hybridized carbons (Fsp3) is 0.438. The van der Waals surface area contributed by atoms with Crippen molar-refractivity contribution in [3.8, 4) is 11.3 Å². The van der Waals surface area contributed by atoms with E-state index in [0.29, 0.717) is 0 Å². The average molecular weight is 334 g/mol. The zero-order valence-electron chi connectivity index (χ0n) is 12.0. The Hall–Kier alpha value is -1.13. The molecule has 0 radical (unpaired) electrons. The molecule has 1 heterocycles. The molecule has 20 heavy (non-hydrogen) atoms. The molecule has 1 aliphatic carbocycles. The van der Waals surface area contributed by atoms with E-state index in [4.69, 9.17) is 4.98 Å². The molecule has 0 saturated heterocycles. The Kier molecular flexibility index (Phi) is 3.69. The standard InChI is InChI=1S/C16H20BrN3/c1-11-14(12-6-3-4-7-13(12)17)20-15(19-11)16(10-18-2)8-5-9-16/h3-4,6-7,18H,5,8-10H2,1-2H3,(H,19,20). The molecule has 1 aromatic carbocycles. The number of aryl methyl sites for hydroxylation is 1. The van der Waals surface area contributed by atoms with E-state index in [-0.39, 0.29) is 5.41 Å². The number of hydrogen-bond donors (Lipinski definition) is 2. The number of nitrogens with one attached hydrogen (secondary N) is 2. The normalized spacial score (nSPS) is 16.9. The third kappa shape index (κ3) is 2.21. The van der Waals surface area contributed by atoms with Crippen molar-refractivity contribution < 1.29 is 0 Å². The van der Waals surface area contributed by atoms with Crippen molar-refractivity contribution in [3.63, 3.8) is 0 Å². The van der Waals surface area contributed by atoms with Crippen LogP contribution in [-0.2, 0) is 5.41 Å². The summed E-state index contributed by atoms with van der Waals surface area (Å²) in [6, 6.07) is 8.27. The van der Waals surface area contributed by atoms with Gasteiger partial charge >= 0.3 is 0 Å². The van der Waals surface area contributed by atoms with Gasteiger partial charge in [-0.05, 0) is 32.9 Å². The largest absolute Gasteiger partial charge is 0.345 e. The highest BCUT2D eigenvalue weighted by Crippen LogP contribution is 2.43. The number of aromatic amines is 1. The van der Waals surface area contributed by atoms with Gasteiger partial charge in [0.1, 0.15) is 5.82 Å². The van der Waals surface area contributed by atoms with Gasteiger partial charge in [0.2, 0.25) is 0 Å². The highest BCUT2D eigenvalue weighted by Gasteiger charge is 2.41. The summed E-state index contributed by atoms with van der Waals surface area (Å²) in [6.45, 7) is 3.10. The number of nitrogens with zero attached hydrogens (tertiary/aromatic N) is 1. The zero-order chi connectivity index (χ0) is 14.2. The molecule has 3 rings (SSSR count). The number of likely N-dealkylation sites (N-methyl/N-ethyl adjacent to an activating group) is 1. The molecular weight excluding hydrogens is 314 g/mol. The first-order valence-electron chi connectivity index (χ1n) is 7.13. The third-order valence-electron chi connectivity index (χ3n) is 4.34. The van der Waals surface area contributed by atoms with Crippen LogP contribution in [0.4, 0.5) is 0 Å². The molecule has 0 atom stereocenters. The van der Waals surface area contributed by atoms with E-state index < -0.39 is 0 Å². The van der Waals surface area contributed by atoms with Crippen LogP contribution in [0.2, 0.25) is 0 Å². The number of imidazole rings is 1. The Balaban J connectivity index is 2.02.